The van der Waals surface area contributed by atoms with Crippen molar-refractivity contribution in [2.75, 3.05) is 32.7 Å². The van der Waals surface area contributed by atoms with Crippen molar-refractivity contribution in [3.63, 3.8) is 0 Å². The lowest BCUT2D eigenvalue weighted by Crippen LogP contribution is -2.50. The summed E-state index contributed by atoms with van der Waals surface area (Å²) < 4.78 is 13.0. The van der Waals surface area contributed by atoms with Gasteiger partial charge in [-0.2, -0.15) is 0 Å². The molecule has 0 aliphatic carbocycles. The maximum Gasteiger partial charge on any atom is 0.251 e. The summed E-state index contributed by atoms with van der Waals surface area (Å²) in [4.78, 5) is 33.3. The number of rotatable bonds is 6. The number of piperazine rings is 1. The molecule has 1 N–H and O–H groups in total. The fraction of sp³-hybridized carbons (Fsp3) is 0.261. The van der Waals surface area contributed by atoms with Crippen molar-refractivity contribution >= 4 is 23.2 Å². The molecule has 0 unspecified atom stereocenters. The summed E-state index contributed by atoms with van der Waals surface area (Å²) in [6, 6.07) is 15.4. The van der Waals surface area contributed by atoms with E-state index in [1.165, 1.54) is 24.3 Å². The third-order valence-corrected chi connectivity index (χ3v) is 6.13. The van der Waals surface area contributed by atoms with Crippen LogP contribution in [0.2, 0.25) is 0 Å². The number of aromatic nitrogens is 1. The van der Waals surface area contributed by atoms with E-state index < -0.39 is 5.82 Å². The molecule has 4 rings (SSSR count). The number of halogens is 1. The topological polar surface area (TPSA) is 65.5 Å². The van der Waals surface area contributed by atoms with E-state index in [0.717, 1.165) is 35.9 Å². The summed E-state index contributed by atoms with van der Waals surface area (Å²) in [5.74, 6) is -0.903. The van der Waals surface area contributed by atoms with Gasteiger partial charge in [0.2, 0.25) is 5.91 Å². The van der Waals surface area contributed by atoms with Gasteiger partial charge in [0.05, 0.1) is 12.2 Å². The normalized spacial score (nSPS) is 14.4. The van der Waals surface area contributed by atoms with Gasteiger partial charge in [0.1, 0.15) is 10.8 Å². The summed E-state index contributed by atoms with van der Waals surface area (Å²) in [5, 5.41) is 5.71. The quantitative estimate of drug-likeness (QED) is 0.643. The van der Waals surface area contributed by atoms with E-state index in [1.54, 1.807) is 16.2 Å². The molecule has 0 radical (unpaired) electrons. The number of benzene rings is 2. The third kappa shape index (κ3) is 5.53. The van der Waals surface area contributed by atoms with Gasteiger partial charge in [0.15, 0.2) is 0 Å². The molecule has 8 heteroatoms. The maximum atomic E-state index is 13.0. The molecule has 0 bridgehead atoms. The monoisotopic (exact) mass is 438 g/mol. The Balaban J connectivity index is 1.22. The standard InChI is InChI=1S/C23H23FN4O2S/c24-19-8-6-17(7-9-19)22(30)25-14-21(29)28-12-10-27(11-13-28)15-20-16-31-23(26-20)18-4-2-1-3-5-18/h1-9,16H,10-15H2,(H,25,30). The molecule has 0 spiro atoms. The van der Waals surface area contributed by atoms with Gasteiger partial charge in [0, 0.05) is 49.2 Å². The molecule has 2 amide bonds. The zero-order valence-corrected chi connectivity index (χ0v) is 17.8. The molecule has 0 atom stereocenters. The van der Waals surface area contributed by atoms with Crippen LogP contribution < -0.4 is 5.32 Å². The minimum absolute atomic E-state index is 0.0667. The molecule has 1 aromatic heterocycles. The number of hydrogen-bond acceptors (Lipinski definition) is 5. The molecule has 1 fully saturated rings. The highest BCUT2D eigenvalue weighted by atomic mass is 32.1. The van der Waals surface area contributed by atoms with E-state index >= 15 is 0 Å². The molecule has 0 saturated carbocycles. The van der Waals surface area contributed by atoms with Gasteiger partial charge in [-0.25, -0.2) is 9.37 Å². The molecule has 1 aliphatic heterocycles. The van der Waals surface area contributed by atoms with Crippen molar-refractivity contribution in [1.29, 1.82) is 0 Å². The Bertz CT molecular complexity index is 1030. The van der Waals surface area contributed by atoms with Crippen LogP contribution in [-0.4, -0.2) is 59.3 Å². The number of carbonyl (C=O) groups excluding carboxylic acids is 2. The minimum Gasteiger partial charge on any atom is -0.343 e. The molecule has 3 aromatic rings. The first kappa shape index (κ1) is 21.1. The van der Waals surface area contributed by atoms with Gasteiger partial charge in [-0.15, -0.1) is 11.3 Å². The lowest BCUT2D eigenvalue weighted by Gasteiger charge is -2.34. The van der Waals surface area contributed by atoms with Gasteiger partial charge in [-0.3, -0.25) is 14.5 Å². The second kappa shape index (κ2) is 9.80. The largest absolute Gasteiger partial charge is 0.343 e. The van der Waals surface area contributed by atoms with Crippen LogP contribution in [-0.2, 0) is 11.3 Å². The first-order valence-corrected chi connectivity index (χ1v) is 11.0. The molecule has 1 saturated heterocycles. The first-order chi connectivity index (χ1) is 15.1. The second-order valence-corrected chi connectivity index (χ2v) is 8.21. The van der Waals surface area contributed by atoms with Gasteiger partial charge < -0.3 is 10.2 Å². The molecule has 1 aliphatic rings. The Labute approximate surface area is 184 Å². The predicted molar refractivity (Wildman–Crippen MR) is 118 cm³/mol. The number of nitrogens with zero attached hydrogens (tertiary/aromatic N) is 3. The summed E-state index contributed by atoms with van der Waals surface area (Å²) in [5.41, 5.74) is 2.49. The molecule has 160 valence electrons. The lowest BCUT2D eigenvalue weighted by molar-refractivity contribution is -0.131. The Morgan fingerprint density at radius 3 is 2.42 bits per heavy atom. The fourth-order valence-electron chi connectivity index (χ4n) is 3.45. The van der Waals surface area contributed by atoms with E-state index in [-0.39, 0.29) is 18.4 Å². The molecule has 6 nitrogen and oxygen atoms in total. The maximum absolute atomic E-state index is 13.0. The Kier molecular flexibility index (Phi) is 6.69. The van der Waals surface area contributed by atoms with Crippen molar-refractivity contribution in [1.82, 2.24) is 20.1 Å². The van der Waals surface area contributed by atoms with Crippen LogP contribution in [0.3, 0.4) is 0 Å². The van der Waals surface area contributed by atoms with Crippen LogP contribution in [0.25, 0.3) is 10.6 Å². The van der Waals surface area contributed by atoms with Gasteiger partial charge >= 0.3 is 0 Å². The van der Waals surface area contributed by atoms with Crippen molar-refractivity contribution in [3.8, 4) is 10.6 Å². The lowest BCUT2D eigenvalue weighted by atomic mass is 10.2. The summed E-state index contributed by atoms with van der Waals surface area (Å²) in [6.45, 7) is 3.43. The summed E-state index contributed by atoms with van der Waals surface area (Å²) in [7, 11) is 0. The zero-order chi connectivity index (χ0) is 21.6. The van der Waals surface area contributed by atoms with Crippen molar-refractivity contribution < 1.29 is 14.0 Å². The van der Waals surface area contributed by atoms with Gasteiger partial charge in [0.25, 0.3) is 5.91 Å². The number of hydrogen-bond donors (Lipinski definition) is 1. The Morgan fingerprint density at radius 2 is 1.71 bits per heavy atom. The average molecular weight is 439 g/mol. The minimum atomic E-state index is -0.403. The molecule has 2 heterocycles. The average Bonchev–Trinajstić information content (AvgIpc) is 3.27. The third-order valence-electron chi connectivity index (χ3n) is 5.19. The van der Waals surface area contributed by atoms with Crippen LogP contribution >= 0.6 is 11.3 Å². The van der Waals surface area contributed by atoms with E-state index in [4.69, 9.17) is 4.98 Å². The van der Waals surface area contributed by atoms with Crippen LogP contribution in [0, 0.1) is 5.82 Å². The van der Waals surface area contributed by atoms with E-state index in [1.807, 2.05) is 18.2 Å². The van der Waals surface area contributed by atoms with Crippen LogP contribution in [0.15, 0.2) is 60.0 Å². The highest BCUT2D eigenvalue weighted by Crippen LogP contribution is 2.24. The Hall–Kier alpha value is -3.10. The molecule has 31 heavy (non-hydrogen) atoms. The molecular weight excluding hydrogens is 415 g/mol. The SMILES string of the molecule is O=C(NCC(=O)N1CCN(Cc2csc(-c3ccccc3)n2)CC1)c1ccc(F)cc1. The zero-order valence-electron chi connectivity index (χ0n) is 17.0. The van der Waals surface area contributed by atoms with E-state index in [0.29, 0.717) is 18.7 Å². The van der Waals surface area contributed by atoms with Crippen molar-refractivity contribution in [2.45, 2.75) is 6.54 Å². The van der Waals surface area contributed by atoms with Crippen LogP contribution in [0.1, 0.15) is 16.1 Å². The first-order valence-electron chi connectivity index (χ1n) is 10.1. The van der Waals surface area contributed by atoms with Crippen LogP contribution in [0.4, 0.5) is 4.39 Å². The summed E-state index contributed by atoms with van der Waals surface area (Å²) >= 11 is 1.64. The second-order valence-electron chi connectivity index (χ2n) is 7.36. The molecule has 2 aromatic carbocycles. The molecular formula is C23H23FN4O2S. The van der Waals surface area contributed by atoms with Crippen molar-refractivity contribution in [3.05, 3.63) is 77.1 Å². The van der Waals surface area contributed by atoms with Gasteiger partial charge in [-0.05, 0) is 24.3 Å². The number of carbonyl (C=O) groups is 2. The van der Waals surface area contributed by atoms with Crippen molar-refractivity contribution in [2.24, 2.45) is 0 Å². The smallest absolute Gasteiger partial charge is 0.251 e. The van der Waals surface area contributed by atoms with E-state index in [9.17, 15) is 14.0 Å². The van der Waals surface area contributed by atoms with Crippen LogP contribution in [0.5, 0.6) is 0 Å². The number of nitrogens with one attached hydrogen (secondary N) is 1. The summed E-state index contributed by atoms with van der Waals surface area (Å²) in [6.07, 6.45) is 0. The highest BCUT2D eigenvalue weighted by Gasteiger charge is 2.22. The van der Waals surface area contributed by atoms with E-state index in [2.05, 4.69) is 27.7 Å². The fourth-order valence-corrected chi connectivity index (χ4v) is 4.27. The number of amides is 2. The highest BCUT2D eigenvalue weighted by molar-refractivity contribution is 7.13. The van der Waals surface area contributed by atoms with Gasteiger partial charge in [-0.1, -0.05) is 30.3 Å². The number of thiazole rings is 1. The Morgan fingerprint density at radius 1 is 1.00 bits per heavy atom. The predicted octanol–water partition coefficient (Wildman–Crippen LogP) is 3.02.